The molecule has 0 saturated heterocycles. The summed E-state index contributed by atoms with van der Waals surface area (Å²) in [5.74, 6) is -2.04. The highest BCUT2D eigenvalue weighted by molar-refractivity contribution is 6.08. The van der Waals surface area contributed by atoms with Gasteiger partial charge in [-0.25, -0.2) is 9.18 Å². The fraction of sp³-hybridized carbons (Fsp3) is 0.174. The zero-order valence-electron chi connectivity index (χ0n) is 19.1. The predicted octanol–water partition coefficient (Wildman–Crippen LogP) is 4.08. The normalized spacial score (nSPS) is 11.3. The average molecular weight is 506 g/mol. The molecule has 190 valence electrons. The van der Waals surface area contributed by atoms with E-state index >= 15 is 0 Å². The Kier molecular flexibility index (Phi) is 7.63. The number of benzene rings is 2. The van der Waals surface area contributed by atoms with E-state index in [1.165, 1.54) is 18.3 Å². The second-order valence-electron chi connectivity index (χ2n) is 7.95. The van der Waals surface area contributed by atoms with E-state index in [0.717, 1.165) is 0 Å². The number of hydrogen-bond donors (Lipinski definition) is 5. The number of alkyl halides is 3. The summed E-state index contributed by atoms with van der Waals surface area (Å²) in [6, 6.07) is 6.70. The number of nitrogens with one attached hydrogen (secondary N) is 4. The second-order valence-corrected chi connectivity index (χ2v) is 7.95. The van der Waals surface area contributed by atoms with Gasteiger partial charge in [-0.3, -0.25) is 9.59 Å². The van der Waals surface area contributed by atoms with E-state index in [-0.39, 0.29) is 29.5 Å². The Labute approximate surface area is 202 Å². The number of aromatic amines is 1. The molecule has 3 aromatic rings. The third-order valence-electron chi connectivity index (χ3n) is 4.85. The number of primary amides is 1. The van der Waals surface area contributed by atoms with E-state index in [4.69, 9.17) is 5.73 Å². The molecular weight excluding hydrogens is 484 g/mol. The lowest BCUT2D eigenvalue weighted by Gasteiger charge is -2.12. The van der Waals surface area contributed by atoms with Crippen molar-refractivity contribution in [2.45, 2.75) is 6.18 Å². The maximum absolute atomic E-state index is 13.9. The van der Waals surface area contributed by atoms with Crippen molar-refractivity contribution in [1.82, 2.24) is 9.88 Å². The van der Waals surface area contributed by atoms with E-state index in [1.807, 2.05) is 5.32 Å². The molecule has 0 bridgehead atoms. The number of nitrogens with zero attached hydrogens (tertiary/aromatic N) is 1. The van der Waals surface area contributed by atoms with Gasteiger partial charge in [0.05, 0.1) is 23.4 Å². The quantitative estimate of drug-likeness (QED) is 0.309. The number of carbonyl (C=O) groups is 3. The molecule has 0 unspecified atom stereocenters. The molecule has 1 aromatic heterocycles. The Bertz CT molecular complexity index is 1290. The molecule has 2 aromatic carbocycles. The molecule has 9 nitrogen and oxygen atoms in total. The SMILES string of the molecule is CN(C)CC(=O)Nc1[nH]cc(-c2ccc(NC(=O)Nc3cc(C(F)(F)F)ccc3F)cc2)c1C(N)=O. The second kappa shape index (κ2) is 10.5. The molecule has 0 saturated carbocycles. The lowest BCUT2D eigenvalue weighted by molar-refractivity contribution is -0.137. The first kappa shape index (κ1) is 26.2. The first-order valence-corrected chi connectivity index (χ1v) is 10.4. The van der Waals surface area contributed by atoms with Crippen LogP contribution in [0.1, 0.15) is 15.9 Å². The molecular formula is C23H22F4N6O3. The molecule has 0 spiro atoms. The van der Waals surface area contributed by atoms with Gasteiger partial charge < -0.3 is 31.6 Å². The summed E-state index contributed by atoms with van der Waals surface area (Å²) in [4.78, 5) is 40.8. The minimum absolute atomic E-state index is 0.0561. The van der Waals surface area contributed by atoms with Crippen LogP contribution in [-0.4, -0.2) is 48.4 Å². The van der Waals surface area contributed by atoms with Gasteiger partial charge in [0.15, 0.2) is 0 Å². The van der Waals surface area contributed by atoms with Crippen molar-refractivity contribution in [3.63, 3.8) is 0 Å². The number of carbonyl (C=O) groups excluding carboxylic acids is 3. The largest absolute Gasteiger partial charge is 0.416 e. The maximum atomic E-state index is 13.9. The molecule has 13 heteroatoms. The van der Waals surface area contributed by atoms with E-state index in [9.17, 15) is 31.9 Å². The van der Waals surface area contributed by atoms with Gasteiger partial charge in [-0.1, -0.05) is 12.1 Å². The third-order valence-corrected chi connectivity index (χ3v) is 4.85. The van der Waals surface area contributed by atoms with Gasteiger partial charge in [0, 0.05) is 17.4 Å². The first-order chi connectivity index (χ1) is 16.8. The summed E-state index contributed by atoms with van der Waals surface area (Å²) in [6.07, 6.45) is -3.22. The van der Waals surface area contributed by atoms with Gasteiger partial charge in [0.1, 0.15) is 11.6 Å². The summed E-state index contributed by atoms with van der Waals surface area (Å²) >= 11 is 0. The van der Waals surface area contributed by atoms with Crippen molar-refractivity contribution in [2.24, 2.45) is 5.73 Å². The van der Waals surface area contributed by atoms with Crippen LogP contribution in [0.3, 0.4) is 0 Å². The molecule has 36 heavy (non-hydrogen) atoms. The maximum Gasteiger partial charge on any atom is 0.416 e. The molecule has 0 aliphatic heterocycles. The van der Waals surface area contributed by atoms with Crippen LogP contribution in [0, 0.1) is 5.82 Å². The van der Waals surface area contributed by atoms with Crippen molar-refractivity contribution < 1.29 is 31.9 Å². The summed E-state index contributed by atoms with van der Waals surface area (Å²) in [6.45, 7) is 0.0827. The Morgan fingerprint density at radius 1 is 1.00 bits per heavy atom. The van der Waals surface area contributed by atoms with Crippen molar-refractivity contribution in [3.8, 4) is 11.1 Å². The van der Waals surface area contributed by atoms with Gasteiger partial charge in [-0.15, -0.1) is 0 Å². The van der Waals surface area contributed by atoms with Gasteiger partial charge in [0.2, 0.25) is 5.91 Å². The van der Waals surface area contributed by atoms with Crippen molar-refractivity contribution in [2.75, 3.05) is 36.6 Å². The summed E-state index contributed by atoms with van der Waals surface area (Å²) in [5, 5.41) is 7.01. The number of likely N-dealkylation sites (N-methyl/N-ethyl adjacent to an activating group) is 1. The Morgan fingerprint density at radius 2 is 1.67 bits per heavy atom. The molecule has 0 fully saturated rings. The van der Waals surface area contributed by atoms with Crippen LogP contribution in [0.15, 0.2) is 48.7 Å². The van der Waals surface area contributed by atoms with Crippen LogP contribution in [0.4, 0.5) is 39.5 Å². The molecule has 3 rings (SSSR count). The van der Waals surface area contributed by atoms with Gasteiger partial charge in [-0.05, 0) is 50.0 Å². The zero-order chi connectivity index (χ0) is 26.6. The van der Waals surface area contributed by atoms with Crippen LogP contribution < -0.4 is 21.7 Å². The summed E-state index contributed by atoms with van der Waals surface area (Å²) in [5.41, 5.74) is 4.96. The Hall–Kier alpha value is -4.39. The molecule has 0 atom stereocenters. The number of nitrogens with two attached hydrogens (primary N) is 1. The highest BCUT2D eigenvalue weighted by atomic mass is 19.4. The van der Waals surface area contributed by atoms with Gasteiger partial charge in [0.25, 0.3) is 5.91 Å². The summed E-state index contributed by atoms with van der Waals surface area (Å²) < 4.78 is 52.4. The number of aromatic nitrogens is 1. The molecule has 4 amide bonds. The lowest BCUT2D eigenvalue weighted by Crippen LogP contribution is -2.28. The zero-order valence-corrected chi connectivity index (χ0v) is 19.1. The number of halogens is 4. The summed E-state index contributed by atoms with van der Waals surface area (Å²) in [7, 11) is 3.42. The van der Waals surface area contributed by atoms with Gasteiger partial charge in [-0.2, -0.15) is 13.2 Å². The molecule has 0 radical (unpaired) electrons. The van der Waals surface area contributed by atoms with E-state index in [2.05, 4.69) is 15.6 Å². The molecule has 1 heterocycles. The van der Waals surface area contributed by atoms with E-state index in [1.54, 1.807) is 31.1 Å². The number of hydrogen-bond acceptors (Lipinski definition) is 4. The number of amides is 4. The van der Waals surface area contributed by atoms with Crippen LogP contribution in [-0.2, 0) is 11.0 Å². The number of urea groups is 1. The molecule has 0 aliphatic rings. The van der Waals surface area contributed by atoms with Crippen LogP contribution in [0.25, 0.3) is 11.1 Å². The number of anilines is 3. The van der Waals surface area contributed by atoms with E-state index < -0.39 is 35.2 Å². The van der Waals surface area contributed by atoms with E-state index in [0.29, 0.717) is 29.3 Å². The monoisotopic (exact) mass is 506 g/mol. The third kappa shape index (κ3) is 6.39. The number of rotatable bonds is 7. The minimum Gasteiger partial charge on any atom is -0.365 e. The minimum atomic E-state index is -4.70. The topological polar surface area (TPSA) is 132 Å². The first-order valence-electron chi connectivity index (χ1n) is 10.4. The number of H-pyrrole nitrogens is 1. The van der Waals surface area contributed by atoms with Crippen molar-refractivity contribution >= 4 is 35.0 Å². The Balaban J connectivity index is 1.74. The van der Waals surface area contributed by atoms with Crippen LogP contribution >= 0.6 is 0 Å². The highest BCUT2D eigenvalue weighted by Crippen LogP contribution is 2.32. The fourth-order valence-corrected chi connectivity index (χ4v) is 3.29. The predicted molar refractivity (Wildman–Crippen MR) is 126 cm³/mol. The van der Waals surface area contributed by atoms with Gasteiger partial charge >= 0.3 is 12.2 Å². The molecule has 6 N–H and O–H groups in total. The fourth-order valence-electron chi connectivity index (χ4n) is 3.29. The standard InChI is InChI=1S/C23H22F4N6O3/c1-33(2)11-18(34)32-21-19(20(28)35)15(10-29-21)12-3-6-14(7-4-12)30-22(36)31-17-9-13(23(25,26)27)5-8-16(17)24/h3-10,29H,11H2,1-2H3,(H2,28,35)(H,32,34)(H2,30,31,36). The van der Waals surface area contributed by atoms with Crippen molar-refractivity contribution in [1.29, 1.82) is 0 Å². The van der Waals surface area contributed by atoms with Crippen LogP contribution in [0.2, 0.25) is 0 Å². The lowest BCUT2D eigenvalue weighted by atomic mass is 10.0. The van der Waals surface area contributed by atoms with Crippen molar-refractivity contribution in [3.05, 3.63) is 65.6 Å². The molecule has 0 aliphatic carbocycles. The Morgan fingerprint density at radius 3 is 2.25 bits per heavy atom. The smallest absolute Gasteiger partial charge is 0.365 e. The average Bonchev–Trinajstić information content (AvgIpc) is 3.18. The highest BCUT2D eigenvalue weighted by Gasteiger charge is 2.31. The van der Waals surface area contributed by atoms with Crippen LogP contribution in [0.5, 0.6) is 0 Å².